The summed E-state index contributed by atoms with van der Waals surface area (Å²) in [7, 11) is 0. The summed E-state index contributed by atoms with van der Waals surface area (Å²) in [5, 5.41) is 0. The summed E-state index contributed by atoms with van der Waals surface area (Å²) in [5.74, 6) is -0.194. The van der Waals surface area contributed by atoms with Crippen molar-refractivity contribution in [2.75, 3.05) is 13.1 Å². The third-order valence-electron chi connectivity index (χ3n) is 6.85. The Balaban J connectivity index is 1.36. The fourth-order valence-corrected chi connectivity index (χ4v) is 5.11. The number of nitrogens with zero attached hydrogens (tertiary/aromatic N) is 3. The summed E-state index contributed by atoms with van der Waals surface area (Å²) in [6, 6.07) is 7.83. The number of hydrogen-bond acceptors (Lipinski definition) is 8. The molecule has 2 N–H and O–H groups in total. The number of para-hydroxylation sites is 1. The maximum absolute atomic E-state index is 13.4. The summed E-state index contributed by atoms with van der Waals surface area (Å²) in [4.78, 5) is 31.8. The van der Waals surface area contributed by atoms with Gasteiger partial charge in [-0.25, -0.2) is 9.78 Å². The van der Waals surface area contributed by atoms with E-state index in [-0.39, 0.29) is 30.3 Å². The van der Waals surface area contributed by atoms with Crippen molar-refractivity contribution in [1.29, 1.82) is 0 Å². The largest absolute Gasteiger partial charge is 0.519 e. The van der Waals surface area contributed by atoms with Gasteiger partial charge in [-0.15, -0.1) is 0 Å². The molecule has 35 heavy (non-hydrogen) atoms. The number of esters is 1. The number of likely N-dealkylation sites (tertiary alicyclic amines) is 1. The molecule has 0 bridgehead atoms. The first-order valence-corrected chi connectivity index (χ1v) is 12.3. The number of hydrogen-bond donors (Lipinski definition) is 1. The van der Waals surface area contributed by atoms with E-state index >= 15 is 0 Å². The van der Waals surface area contributed by atoms with Gasteiger partial charge < -0.3 is 23.9 Å². The Morgan fingerprint density at radius 3 is 2.77 bits per heavy atom. The Bertz CT molecular complexity index is 1260. The molecule has 0 radical (unpaired) electrons. The van der Waals surface area contributed by atoms with E-state index < -0.39 is 11.9 Å². The number of aromatic nitrogens is 2. The summed E-state index contributed by atoms with van der Waals surface area (Å²) < 4.78 is 18.1. The Morgan fingerprint density at radius 2 is 2.00 bits per heavy atom. The molecular formula is C26H32N4O5. The molecule has 9 nitrogen and oxygen atoms in total. The van der Waals surface area contributed by atoms with Gasteiger partial charge in [0.05, 0.1) is 12.0 Å². The normalized spacial score (nSPS) is 18.5. The number of carbonyl (C=O) groups is 1. The van der Waals surface area contributed by atoms with E-state index in [2.05, 4.69) is 27.7 Å². The van der Waals surface area contributed by atoms with Gasteiger partial charge in [0.1, 0.15) is 6.04 Å². The standard InChI is InChI=1S/C26H32N4O5/c1-16(2)11-23-24(35-26(32)34-23)14-33-25(31)22(29-10-9-18(27)13-29)12-19-21-8-7-17-5-3-4-6-20(17)30(21)15-28-19/h3-6,15-16,18,22H,7-14,27H2,1-2H3/t18-,22-/m0/s1. The van der Waals surface area contributed by atoms with Crippen molar-refractivity contribution in [1.82, 2.24) is 14.5 Å². The quantitative estimate of drug-likeness (QED) is 0.489. The van der Waals surface area contributed by atoms with E-state index in [1.807, 2.05) is 26.2 Å². The third-order valence-corrected chi connectivity index (χ3v) is 6.85. The second-order valence-electron chi connectivity index (χ2n) is 9.91. The van der Waals surface area contributed by atoms with Crippen molar-refractivity contribution < 1.29 is 18.4 Å². The number of nitrogens with two attached hydrogens (primary N) is 1. The van der Waals surface area contributed by atoms with Crippen LogP contribution in [0, 0.1) is 5.92 Å². The van der Waals surface area contributed by atoms with Gasteiger partial charge in [-0.1, -0.05) is 32.0 Å². The van der Waals surface area contributed by atoms with Crippen LogP contribution in [0.1, 0.15) is 48.7 Å². The van der Waals surface area contributed by atoms with Gasteiger partial charge in [-0.05, 0) is 36.8 Å². The number of rotatable bonds is 8. The van der Waals surface area contributed by atoms with Gasteiger partial charge in [0, 0.05) is 43.4 Å². The molecule has 0 spiro atoms. The van der Waals surface area contributed by atoms with Crippen molar-refractivity contribution in [3.8, 4) is 5.69 Å². The first-order chi connectivity index (χ1) is 16.9. The first-order valence-electron chi connectivity index (χ1n) is 12.3. The molecule has 1 aromatic carbocycles. The average molecular weight is 481 g/mol. The van der Waals surface area contributed by atoms with Gasteiger partial charge in [-0.2, -0.15) is 0 Å². The van der Waals surface area contributed by atoms with Crippen LogP contribution >= 0.6 is 0 Å². The summed E-state index contributed by atoms with van der Waals surface area (Å²) in [6.07, 6.45) is 5.45. The maximum atomic E-state index is 13.4. The molecule has 9 heteroatoms. The van der Waals surface area contributed by atoms with E-state index in [9.17, 15) is 9.59 Å². The lowest BCUT2D eigenvalue weighted by Crippen LogP contribution is -2.43. The summed E-state index contributed by atoms with van der Waals surface area (Å²) >= 11 is 0. The fourth-order valence-electron chi connectivity index (χ4n) is 5.11. The first kappa shape index (κ1) is 23.6. The number of fused-ring (bicyclic) bond motifs is 3. The van der Waals surface area contributed by atoms with Gasteiger partial charge in [-0.3, -0.25) is 9.69 Å². The number of imidazole rings is 1. The molecule has 2 aromatic heterocycles. The molecule has 2 aliphatic rings. The molecule has 3 aromatic rings. The lowest BCUT2D eigenvalue weighted by atomic mass is 9.98. The second kappa shape index (κ2) is 9.83. The Morgan fingerprint density at radius 1 is 1.20 bits per heavy atom. The highest BCUT2D eigenvalue weighted by atomic mass is 16.6. The zero-order valence-corrected chi connectivity index (χ0v) is 20.2. The minimum absolute atomic E-state index is 0.0256. The van der Waals surface area contributed by atoms with Crippen LogP contribution in [0.15, 0.2) is 44.2 Å². The average Bonchev–Trinajstić information content (AvgIpc) is 3.54. The molecule has 5 rings (SSSR count). The SMILES string of the molecule is CC(C)Cc1oc(=O)oc1COC(=O)[C@H](Cc1ncn2c1CCc1ccccc1-2)N1CC[C@H](N)C1. The van der Waals surface area contributed by atoms with Gasteiger partial charge in [0.25, 0.3) is 0 Å². The molecule has 0 aliphatic carbocycles. The minimum Gasteiger partial charge on any atom is -0.456 e. The Kier molecular flexibility index (Phi) is 6.62. The van der Waals surface area contributed by atoms with Crippen molar-refractivity contribution >= 4 is 5.97 Å². The molecule has 1 saturated heterocycles. The number of aryl methyl sites for hydroxylation is 1. The number of carbonyl (C=O) groups excluding carboxylic acids is 1. The lowest BCUT2D eigenvalue weighted by molar-refractivity contribution is -0.151. The predicted octanol–water partition coefficient (Wildman–Crippen LogP) is 2.40. The molecular weight excluding hydrogens is 448 g/mol. The van der Waals surface area contributed by atoms with Crippen LogP contribution in [0.2, 0.25) is 0 Å². The zero-order valence-electron chi connectivity index (χ0n) is 20.2. The van der Waals surface area contributed by atoms with Crippen LogP contribution in [0.5, 0.6) is 0 Å². The van der Waals surface area contributed by atoms with Gasteiger partial charge in [0.2, 0.25) is 0 Å². The molecule has 1 fully saturated rings. The molecule has 0 unspecified atom stereocenters. The molecule has 4 heterocycles. The molecule has 2 atom stereocenters. The van der Waals surface area contributed by atoms with Crippen molar-refractivity contribution in [3.63, 3.8) is 0 Å². The molecule has 0 saturated carbocycles. The van der Waals surface area contributed by atoms with E-state index in [0.29, 0.717) is 25.1 Å². The number of benzene rings is 1. The van der Waals surface area contributed by atoms with Crippen molar-refractivity contribution in [2.24, 2.45) is 11.7 Å². The van der Waals surface area contributed by atoms with Crippen LogP contribution in [0.4, 0.5) is 0 Å². The van der Waals surface area contributed by atoms with Gasteiger partial charge >= 0.3 is 11.8 Å². The van der Waals surface area contributed by atoms with Crippen LogP contribution in [0.3, 0.4) is 0 Å². The minimum atomic E-state index is -0.779. The van der Waals surface area contributed by atoms with E-state index in [4.69, 9.17) is 24.3 Å². The Labute approximate surface area is 203 Å². The maximum Gasteiger partial charge on any atom is 0.519 e. The number of ether oxygens (including phenoxy) is 1. The van der Waals surface area contributed by atoms with Crippen molar-refractivity contribution in [2.45, 2.75) is 64.6 Å². The topological polar surface area (TPSA) is 117 Å². The van der Waals surface area contributed by atoms with Crippen LogP contribution < -0.4 is 11.6 Å². The van der Waals surface area contributed by atoms with Crippen LogP contribution in [-0.4, -0.2) is 45.6 Å². The molecule has 2 aliphatic heterocycles. The van der Waals surface area contributed by atoms with E-state index in [1.165, 1.54) is 5.56 Å². The van der Waals surface area contributed by atoms with Gasteiger partial charge in [0.15, 0.2) is 18.1 Å². The Hall–Kier alpha value is -3.17. The summed E-state index contributed by atoms with van der Waals surface area (Å²) in [5.41, 5.74) is 10.6. The molecule has 186 valence electrons. The van der Waals surface area contributed by atoms with Crippen LogP contribution in [-0.2, 0) is 41.8 Å². The van der Waals surface area contributed by atoms with Crippen LogP contribution in [0.25, 0.3) is 5.69 Å². The van der Waals surface area contributed by atoms with E-state index in [1.54, 1.807) is 0 Å². The zero-order chi connectivity index (χ0) is 24.5. The van der Waals surface area contributed by atoms with E-state index in [0.717, 1.165) is 42.9 Å². The highest BCUT2D eigenvalue weighted by Gasteiger charge is 2.34. The predicted molar refractivity (Wildman–Crippen MR) is 128 cm³/mol. The van der Waals surface area contributed by atoms with Crippen molar-refractivity contribution in [3.05, 3.63) is 69.7 Å². The fraction of sp³-hybridized carbons (Fsp3) is 0.500. The lowest BCUT2D eigenvalue weighted by Gasteiger charge is -2.26. The monoisotopic (exact) mass is 480 g/mol. The summed E-state index contributed by atoms with van der Waals surface area (Å²) in [6.45, 7) is 5.23. The highest BCUT2D eigenvalue weighted by Crippen LogP contribution is 2.28. The third kappa shape index (κ3) is 4.97. The molecule has 0 amide bonds. The highest BCUT2D eigenvalue weighted by molar-refractivity contribution is 5.76. The second-order valence-corrected chi connectivity index (χ2v) is 9.91. The smallest absolute Gasteiger partial charge is 0.456 e.